The third-order valence-electron chi connectivity index (χ3n) is 2.52. The zero-order valence-electron chi connectivity index (χ0n) is 8.88. The van der Waals surface area contributed by atoms with Crippen molar-refractivity contribution in [1.29, 1.82) is 0 Å². The molecule has 2 heterocycles. The maximum Gasteiger partial charge on any atom is 0.138 e. The standard InChI is InChI=1S/C13H9BrN2.ClH/c14-13-12(10-6-2-1-3-7-10)15-11-8-4-5-9-16(11)13;/h1-9H;1H. The van der Waals surface area contributed by atoms with E-state index in [4.69, 9.17) is 0 Å². The summed E-state index contributed by atoms with van der Waals surface area (Å²) in [5.41, 5.74) is 3.05. The first-order valence-corrected chi connectivity index (χ1v) is 5.83. The average molecular weight is 310 g/mol. The minimum absolute atomic E-state index is 0. The van der Waals surface area contributed by atoms with E-state index in [1.54, 1.807) is 0 Å². The number of hydrogen-bond acceptors (Lipinski definition) is 1. The normalized spacial score (nSPS) is 10.2. The predicted octanol–water partition coefficient (Wildman–Crippen LogP) is 4.19. The number of imidazole rings is 1. The Balaban J connectivity index is 0.00000108. The molecule has 1 aromatic carbocycles. The molecule has 3 aromatic rings. The molecule has 0 fully saturated rings. The van der Waals surface area contributed by atoms with Crippen LogP contribution >= 0.6 is 28.3 Å². The Hall–Kier alpha value is -1.32. The van der Waals surface area contributed by atoms with E-state index < -0.39 is 0 Å². The Bertz CT molecular complexity index is 634. The van der Waals surface area contributed by atoms with E-state index in [1.807, 2.05) is 47.0 Å². The fourth-order valence-corrected chi connectivity index (χ4v) is 2.36. The zero-order valence-corrected chi connectivity index (χ0v) is 11.3. The summed E-state index contributed by atoms with van der Waals surface area (Å²) in [6, 6.07) is 16.2. The van der Waals surface area contributed by atoms with Crippen molar-refractivity contribution in [3.63, 3.8) is 0 Å². The van der Waals surface area contributed by atoms with Crippen molar-refractivity contribution in [1.82, 2.24) is 9.38 Å². The molecule has 0 saturated carbocycles. The van der Waals surface area contributed by atoms with Gasteiger partial charge in [-0.1, -0.05) is 36.4 Å². The molecular weight excluding hydrogens is 300 g/mol. The van der Waals surface area contributed by atoms with Crippen molar-refractivity contribution >= 4 is 34.0 Å². The molecule has 86 valence electrons. The smallest absolute Gasteiger partial charge is 0.138 e. The van der Waals surface area contributed by atoms with Crippen molar-refractivity contribution in [2.75, 3.05) is 0 Å². The maximum absolute atomic E-state index is 4.60. The Morgan fingerprint density at radius 2 is 1.65 bits per heavy atom. The van der Waals surface area contributed by atoms with Gasteiger partial charge in [0.2, 0.25) is 0 Å². The lowest BCUT2D eigenvalue weighted by Gasteiger charge is -1.96. The first kappa shape index (κ1) is 12.1. The Kier molecular flexibility index (Phi) is 3.50. The summed E-state index contributed by atoms with van der Waals surface area (Å²) in [7, 11) is 0. The monoisotopic (exact) mass is 308 g/mol. The van der Waals surface area contributed by atoms with Crippen LogP contribution < -0.4 is 0 Å². The zero-order chi connectivity index (χ0) is 11.0. The molecule has 0 atom stereocenters. The van der Waals surface area contributed by atoms with Gasteiger partial charge in [-0.05, 0) is 28.1 Å². The number of benzene rings is 1. The first-order valence-electron chi connectivity index (χ1n) is 5.04. The second kappa shape index (κ2) is 4.90. The summed E-state index contributed by atoms with van der Waals surface area (Å²) in [5, 5.41) is 0. The highest BCUT2D eigenvalue weighted by Crippen LogP contribution is 2.28. The number of aromatic nitrogens is 2. The minimum Gasteiger partial charge on any atom is -0.294 e. The van der Waals surface area contributed by atoms with Crippen molar-refractivity contribution in [3.8, 4) is 11.3 Å². The summed E-state index contributed by atoms with van der Waals surface area (Å²) in [4.78, 5) is 4.60. The highest BCUT2D eigenvalue weighted by Gasteiger charge is 2.10. The Morgan fingerprint density at radius 1 is 0.941 bits per heavy atom. The largest absolute Gasteiger partial charge is 0.294 e. The highest BCUT2D eigenvalue weighted by molar-refractivity contribution is 9.10. The van der Waals surface area contributed by atoms with E-state index in [0.29, 0.717) is 0 Å². The summed E-state index contributed by atoms with van der Waals surface area (Å²) >= 11 is 3.59. The third kappa shape index (κ3) is 2.08. The van der Waals surface area contributed by atoms with Crippen LogP contribution in [0.3, 0.4) is 0 Å². The van der Waals surface area contributed by atoms with E-state index >= 15 is 0 Å². The molecule has 3 rings (SSSR count). The van der Waals surface area contributed by atoms with Gasteiger partial charge < -0.3 is 0 Å². The molecule has 0 saturated heterocycles. The average Bonchev–Trinajstić information content (AvgIpc) is 2.69. The number of fused-ring (bicyclic) bond motifs is 1. The predicted molar refractivity (Wildman–Crippen MR) is 75.6 cm³/mol. The van der Waals surface area contributed by atoms with Crippen LogP contribution in [0.15, 0.2) is 59.3 Å². The molecule has 0 aliphatic heterocycles. The van der Waals surface area contributed by atoms with Crippen LogP contribution in [0.4, 0.5) is 0 Å². The molecule has 0 spiro atoms. The fraction of sp³-hybridized carbons (Fsp3) is 0. The summed E-state index contributed by atoms with van der Waals surface area (Å²) < 4.78 is 3.02. The van der Waals surface area contributed by atoms with Gasteiger partial charge in [0.15, 0.2) is 0 Å². The lowest BCUT2D eigenvalue weighted by atomic mass is 10.2. The molecule has 4 heteroatoms. The van der Waals surface area contributed by atoms with Gasteiger partial charge in [0.25, 0.3) is 0 Å². The molecule has 0 radical (unpaired) electrons. The van der Waals surface area contributed by atoms with E-state index in [9.17, 15) is 0 Å². The molecule has 17 heavy (non-hydrogen) atoms. The van der Waals surface area contributed by atoms with Crippen molar-refractivity contribution in [2.45, 2.75) is 0 Å². The van der Waals surface area contributed by atoms with Crippen LogP contribution in [0.1, 0.15) is 0 Å². The molecule has 0 bridgehead atoms. The summed E-state index contributed by atoms with van der Waals surface area (Å²) in [5.74, 6) is 0. The molecule has 2 aromatic heterocycles. The van der Waals surface area contributed by atoms with Gasteiger partial charge in [0, 0.05) is 11.8 Å². The van der Waals surface area contributed by atoms with Crippen LogP contribution in [-0.2, 0) is 0 Å². The fourth-order valence-electron chi connectivity index (χ4n) is 1.75. The van der Waals surface area contributed by atoms with Crippen molar-refractivity contribution < 1.29 is 0 Å². The first-order chi connectivity index (χ1) is 7.86. The molecule has 2 nitrogen and oxygen atoms in total. The molecule has 0 aliphatic rings. The van der Waals surface area contributed by atoms with E-state index in [1.165, 1.54) is 0 Å². The number of nitrogens with zero attached hydrogens (tertiary/aromatic N) is 2. The number of halogens is 2. The van der Waals surface area contributed by atoms with Gasteiger partial charge in [-0.3, -0.25) is 4.40 Å². The van der Waals surface area contributed by atoms with Crippen LogP contribution in [0.25, 0.3) is 16.9 Å². The second-order valence-corrected chi connectivity index (χ2v) is 4.30. The quantitative estimate of drug-likeness (QED) is 0.659. The second-order valence-electron chi connectivity index (χ2n) is 3.55. The lowest BCUT2D eigenvalue weighted by Crippen LogP contribution is -1.81. The topological polar surface area (TPSA) is 17.3 Å². The maximum atomic E-state index is 4.60. The molecule has 0 N–H and O–H groups in total. The summed E-state index contributed by atoms with van der Waals surface area (Å²) in [6.07, 6.45) is 2.00. The number of rotatable bonds is 1. The van der Waals surface area contributed by atoms with Crippen molar-refractivity contribution in [3.05, 3.63) is 59.3 Å². The van der Waals surface area contributed by atoms with E-state index in [2.05, 4.69) is 33.0 Å². The van der Waals surface area contributed by atoms with Gasteiger partial charge in [-0.2, -0.15) is 0 Å². The minimum atomic E-state index is 0. The van der Waals surface area contributed by atoms with Crippen LogP contribution in [0, 0.1) is 0 Å². The lowest BCUT2D eigenvalue weighted by molar-refractivity contribution is 1.15. The molecule has 0 aliphatic carbocycles. The van der Waals surface area contributed by atoms with Gasteiger partial charge in [-0.15, -0.1) is 12.4 Å². The third-order valence-corrected chi connectivity index (χ3v) is 3.28. The summed E-state index contributed by atoms with van der Waals surface area (Å²) in [6.45, 7) is 0. The van der Waals surface area contributed by atoms with Crippen LogP contribution in [-0.4, -0.2) is 9.38 Å². The highest BCUT2D eigenvalue weighted by atomic mass is 79.9. The molecule has 0 unspecified atom stereocenters. The van der Waals surface area contributed by atoms with E-state index in [0.717, 1.165) is 21.5 Å². The number of pyridine rings is 1. The van der Waals surface area contributed by atoms with Gasteiger partial charge >= 0.3 is 0 Å². The number of hydrogen-bond donors (Lipinski definition) is 0. The Labute approximate surface area is 114 Å². The van der Waals surface area contributed by atoms with E-state index in [-0.39, 0.29) is 12.4 Å². The SMILES string of the molecule is Brc1c(-c2ccccc2)nc2ccccn12.Cl. The van der Waals surface area contributed by atoms with Crippen molar-refractivity contribution in [2.24, 2.45) is 0 Å². The molecular formula is C13H10BrClN2. The van der Waals surface area contributed by atoms with Gasteiger partial charge in [0.1, 0.15) is 15.9 Å². The van der Waals surface area contributed by atoms with Gasteiger partial charge in [-0.25, -0.2) is 4.98 Å². The Morgan fingerprint density at radius 3 is 2.35 bits per heavy atom. The van der Waals surface area contributed by atoms with Crippen LogP contribution in [0.2, 0.25) is 0 Å². The molecule has 0 amide bonds. The van der Waals surface area contributed by atoms with Gasteiger partial charge in [0.05, 0.1) is 0 Å². The van der Waals surface area contributed by atoms with Crippen LogP contribution in [0.5, 0.6) is 0 Å².